The van der Waals surface area contributed by atoms with Crippen LogP contribution in [0.5, 0.6) is 5.75 Å². The second-order valence-electron chi connectivity index (χ2n) is 5.03. The van der Waals surface area contributed by atoms with Gasteiger partial charge in [-0.2, -0.15) is 0 Å². The minimum atomic E-state index is -0.250. The molecule has 3 nitrogen and oxygen atoms in total. The molecule has 0 spiro atoms. The van der Waals surface area contributed by atoms with E-state index in [9.17, 15) is 9.50 Å². The van der Waals surface area contributed by atoms with E-state index in [1.807, 2.05) is 19.1 Å². The van der Waals surface area contributed by atoms with Gasteiger partial charge in [0.2, 0.25) is 0 Å². The van der Waals surface area contributed by atoms with E-state index in [2.05, 4.69) is 5.16 Å². The average molecular weight is 287 g/mol. The first-order valence-corrected chi connectivity index (χ1v) is 6.69. The first-order valence-electron chi connectivity index (χ1n) is 6.69. The number of phenols is 1. The molecular weight excluding hydrogens is 269 g/mol. The van der Waals surface area contributed by atoms with Gasteiger partial charge >= 0.3 is 0 Å². The molecule has 0 bridgehead atoms. The molecule has 0 heterocycles. The summed E-state index contributed by atoms with van der Waals surface area (Å²) in [4.78, 5) is 5.24. The smallest absolute Gasteiger partial charge is 0.142 e. The van der Waals surface area contributed by atoms with Crippen LogP contribution in [0.25, 0.3) is 0 Å². The summed E-state index contributed by atoms with van der Waals surface area (Å²) < 4.78 is 13.4. The maximum atomic E-state index is 13.4. The highest BCUT2D eigenvalue weighted by atomic mass is 19.1. The maximum Gasteiger partial charge on any atom is 0.142 e. The minimum Gasteiger partial charge on any atom is -0.508 e. The number of hydrogen-bond donors (Lipinski definition) is 1. The van der Waals surface area contributed by atoms with Crippen molar-refractivity contribution in [1.29, 1.82) is 0 Å². The lowest BCUT2D eigenvalue weighted by Crippen LogP contribution is -1.97. The Kier molecular flexibility index (Phi) is 4.58. The number of aryl methyl sites for hydroxylation is 2. The van der Waals surface area contributed by atoms with Gasteiger partial charge in [-0.1, -0.05) is 29.4 Å². The molecule has 0 saturated heterocycles. The summed E-state index contributed by atoms with van der Waals surface area (Å²) >= 11 is 0. The lowest BCUT2D eigenvalue weighted by Gasteiger charge is -2.05. The predicted molar refractivity (Wildman–Crippen MR) is 81.0 cm³/mol. The number of phenolic OH excluding ortho intramolecular Hbond substituents is 1. The molecule has 110 valence electrons. The fraction of sp³-hybridized carbons (Fsp3) is 0.235. The van der Waals surface area contributed by atoms with Crippen LogP contribution in [0.4, 0.5) is 4.39 Å². The fourth-order valence-electron chi connectivity index (χ4n) is 1.82. The van der Waals surface area contributed by atoms with Crippen molar-refractivity contribution in [1.82, 2.24) is 0 Å². The summed E-state index contributed by atoms with van der Waals surface area (Å²) in [5.41, 5.74) is 3.57. The molecule has 2 rings (SSSR count). The molecule has 0 unspecified atom stereocenters. The first-order chi connectivity index (χ1) is 9.97. The summed E-state index contributed by atoms with van der Waals surface area (Å²) in [5.74, 6) is -0.0251. The average Bonchev–Trinajstić information content (AvgIpc) is 2.45. The minimum absolute atomic E-state index is 0.201. The lowest BCUT2D eigenvalue weighted by atomic mass is 10.1. The number of nitrogens with zero attached hydrogens (tertiary/aromatic N) is 1. The van der Waals surface area contributed by atoms with E-state index >= 15 is 0 Å². The third-order valence-corrected chi connectivity index (χ3v) is 3.30. The largest absolute Gasteiger partial charge is 0.508 e. The zero-order valence-electron chi connectivity index (χ0n) is 12.4. The Morgan fingerprint density at radius 2 is 1.86 bits per heavy atom. The molecule has 21 heavy (non-hydrogen) atoms. The molecule has 0 aliphatic heterocycles. The standard InChI is InChI=1S/C17H18FNO2/c1-11-4-6-14(8-16(11)18)10-21-19-13(3)15-7-5-12(2)17(20)9-15/h4-9,20H,10H2,1-3H3/b19-13+. The van der Waals surface area contributed by atoms with Crippen molar-refractivity contribution >= 4 is 5.71 Å². The van der Waals surface area contributed by atoms with E-state index in [4.69, 9.17) is 4.84 Å². The van der Waals surface area contributed by atoms with Crippen LogP contribution in [0.15, 0.2) is 41.6 Å². The number of aromatic hydroxyl groups is 1. The van der Waals surface area contributed by atoms with Crippen LogP contribution in [-0.4, -0.2) is 10.8 Å². The van der Waals surface area contributed by atoms with Crippen LogP contribution in [0.3, 0.4) is 0 Å². The zero-order valence-corrected chi connectivity index (χ0v) is 12.4. The van der Waals surface area contributed by atoms with Gasteiger partial charge in [-0.15, -0.1) is 0 Å². The van der Waals surface area contributed by atoms with Crippen molar-refractivity contribution in [2.75, 3.05) is 0 Å². The van der Waals surface area contributed by atoms with Crippen LogP contribution in [0, 0.1) is 19.7 Å². The number of hydrogen-bond acceptors (Lipinski definition) is 3. The molecule has 0 aliphatic rings. The Hall–Kier alpha value is -2.36. The van der Waals surface area contributed by atoms with Gasteiger partial charge in [0, 0.05) is 5.56 Å². The molecule has 0 amide bonds. The van der Waals surface area contributed by atoms with Crippen molar-refractivity contribution in [3.05, 3.63) is 64.5 Å². The molecule has 2 aromatic carbocycles. The van der Waals surface area contributed by atoms with E-state index in [-0.39, 0.29) is 18.2 Å². The highest BCUT2D eigenvalue weighted by Crippen LogP contribution is 2.18. The van der Waals surface area contributed by atoms with Gasteiger partial charge in [0.1, 0.15) is 18.2 Å². The van der Waals surface area contributed by atoms with Crippen LogP contribution >= 0.6 is 0 Å². The molecular formula is C17H18FNO2. The molecule has 0 fully saturated rings. The van der Waals surface area contributed by atoms with Crippen molar-refractivity contribution in [3.63, 3.8) is 0 Å². The Bertz CT molecular complexity index is 680. The highest BCUT2D eigenvalue weighted by Gasteiger charge is 2.03. The Morgan fingerprint density at radius 1 is 1.14 bits per heavy atom. The van der Waals surface area contributed by atoms with Crippen molar-refractivity contribution in [2.45, 2.75) is 27.4 Å². The van der Waals surface area contributed by atoms with Crippen LogP contribution < -0.4 is 0 Å². The SMILES string of the molecule is C/C(=N\OCc1ccc(C)c(F)c1)c1ccc(C)c(O)c1. The van der Waals surface area contributed by atoms with Crippen molar-refractivity contribution in [2.24, 2.45) is 5.16 Å². The Labute approximate surface area is 123 Å². The molecule has 0 saturated carbocycles. The molecule has 0 radical (unpaired) electrons. The number of halogens is 1. The van der Waals surface area contributed by atoms with Gasteiger partial charge in [0.25, 0.3) is 0 Å². The zero-order chi connectivity index (χ0) is 15.4. The summed E-state index contributed by atoms with van der Waals surface area (Å²) in [6, 6.07) is 10.3. The van der Waals surface area contributed by atoms with E-state index in [1.165, 1.54) is 6.07 Å². The molecule has 4 heteroatoms. The van der Waals surface area contributed by atoms with Gasteiger partial charge in [-0.25, -0.2) is 4.39 Å². The highest BCUT2D eigenvalue weighted by molar-refractivity contribution is 5.98. The molecule has 2 aromatic rings. The maximum absolute atomic E-state index is 13.4. The van der Waals surface area contributed by atoms with E-state index in [0.717, 1.165) is 16.7 Å². The predicted octanol–water partition coefficient (Wildman–Crippen LogP) is 4.09. The molecule has 0 aromatic heterocycles. The molecule has 0 aliphatic carbocycles. The van der Waals surface area contributed by atoms with Gasteiger partial charge in [0.15, 0.2) is 0 Å². The van der Waals surface area contributed by atoms with E-state index in [1.54, 1.807) is 32.0 Å². The van der Waals surface area contributed by atoms with Gasteiger partial charge in [-0.05, 0) is 49.6 Å². The normalized spacial score (nSPS) is 11.5. The second kappa shape index (κ2) is 6.39. The number of rotatable bonds is 4. The van der Waals surface area contributed by atoms with Crippen molar-refractivity contribution < 1.29 is 14.3 Å². The Balaban J connectivity index is 2.03. The second-order valence-corrected chi connectivity index (χ2v) is 5.03. The number of oxime groups is 1. The van der Waals surface area contributed by atoms with Gasteiger partial charge in [-0.3, -0.25) is 0 Å². The third-order valence-electron chi connectivity index (χ3n) is 3.30. The molecule has 1 N–H and O–H groups in total. The quantitative estimate of drug-likeness (QED) is 0.679. The van der Waals surface area contributed by atoms with Gasteiger partial charge in [0.05, 0.1) is 5.71 Å². The summed E-state index contributed by atoms with van der Waals surface area (Å²) in [5, 5.41) is 13.7. The first kappa shape index (κ1) is 15.0. The van der Waals surface area contributed by atoms with Crippen molar-refractivity contribution in [3.8, 4) is 5.75 Å². The lowest BCUT2D eigenvalue weighted by molar-refractivity contribution is 0.130. The fourth-order valence-corrected chi connectivity index (χ4v) is 1.82. The van der Waals surface area contributed by atoms with Crippen LogP contribution in [0.1, 0.15) is 29.2 Å². The van der Waals surface area contributed by atoms with E-state index in [0.29, 0.717) is 11.3 Å². The van der Waals surface area contributed by atoms with Crippen LogP contribution in [0.2, 0.25) is 0 Å². The number of benzene rings is 2. The van der Waals surface area contributed by atoms with Crippen LogP contribution in [-0.2, 0) is 11.4 Å². The summed E-state index contributed by atoms with van der Waals surface area (Å²) in [7, 11) is 0. The molecule has 0 atom stereocenters. The Morgan fingerprint density at radius 3 is 2.52 bits per heavy atom. The third kappa shape index (κ3) is 3.81. The summed E-state index contributed by atoms with van der Waals surface area (Å²) in [6.07, 6.45) is 0. The van der Waals surface area contributed by atoms with Gasteiger partial charge < -0.3 is 9.94 Å². The monoisotopic (exact) mass is 287 g/mol. The summed E-state index contributed by atoms with van der Waals surface area (Å²) in [6.45, 7) is 5.53. The van der Waals surface area contributed by atoms with E-state index < -0.39 is 0 Å². The topological polar surface area (TPSA) is 41.8 Å².